The molecule has 0 fully saturated rings. The van der Waals surface area contributed by atoms with Gasteiger partial charge in [-0.2, -0.15) is 0 Å². The molecule has 0 saturated heterocycles. The number of ether oxygens (including phenoxy) is 2. The topological polar surface area (TPSA) is 72.7 Å². The summed E-state index contributed by atoms with van der Waals surface area (Å²) < 4.78 is 10.9. The normalized spacial score (nSPS) is 17.7. The van der Waals surface area contributed by atoms with Gasteiger partial charge in [-0.1, -0.05) is 6.07 Å². The summed E-state index contributed by atoms with van der Waals surface area (Å²) in [6.45, 7) is 3.79. The molecule has 0 N–H and O–H groups in total. The van der Waals surface area contributed by atoms with Crippen LogP contribution in [0, 0.1) is 0 Å². The van der Waals surface area contributed by atoms with Gasteiger partial charge < -0.3 is 9.47 Å². The lowest BCUT2D eigenvalue weighted by molar-refractivity contribution is 0.174. The highest BCUT2D eigenvalue weighted by molar-refractivity contribution is 5.97. The molecule has 0 amide bonds. The molecular weight excluding hydrogens is 402 g/mol. The van der Waals surface area contributed by atoms with Crippen LogP contribution in [0.1, 0.15) is 42.0 Å². The van der Waals surface area contributed by atoms with E-state index in [-0.39, 0.29) is 6.79 Å². The van der Waals surface area contributed by atoms with Gasteiger partial charge in [0.2, 0.25) is 6.79 Å². The van der Waals surface area contributed by atoms with E-state index in [1.165, 1.54) is 24.1 Å². The Balaban J connectivity index is 1.17. The summed E-state index contributed by atoms with van der Waals surface area (Å²) in [5.74, 6) is 2.40. The Hall–Kier alpha value is -3.32. The zero-order valence-corrected chi connectivity index (χ0v) is 18.0. The van der Waals surface area contributed by atoms with E-state index in [1.54, 1.807) is 0 Å². The van der Waals surface area contributed by atoms with Crippen LogP contribution in [0.3, 0.4) is 0 Å². The first kappa shape index (κ1) is 19.4. The SMILES string of the molecule is c1cc(CN2CCc3nc(C4=NCCCC4)ncc3C2)nc(-c2ccc3c(c2)OCO3)c1. The van der Waals surface area contributed by atoms with Crippen LogP contribution < -0.4 is 9.47 Å². The van der Waals surface area contributed by atoms with Crippen molar-refractivity contribution >= 4 is 5.71 Å². The molecule has 7 nitrogen and oxygen atoms in total. The Morgan fingerprint density at radius 3 is 2.88 bits per heavy atom. The van der Waals surface area contributed by atoms with Crippen molar-refractivity contribution in [2.45, 2.75) is 38.8 Å². The van der Waals surface area contributed by atoms with Crippen LogP contribution in [-0.4, -0.2) is 45.4 Å². The summed E-state index contributed by atoms with van der Waals surface area (Å²) in [5.41, 5.74) is 6.49. The molecule has 5 heterocycles. The Kier molecular flexibility index (Phi) is 5.03. The summed E-state index contributed by atoms with van der Waals surface area (Å²) in [7, 11) is 0. The second kappa shape index (κ2) is 8.31. The minimum absolute atomic E-state index is 0.280. The van der Waals surface area contributed by atoms with E-state index in [9.17, 15) is 0 Å². The summed E-state index contributed by atoms with van der Waals surface area (Å²) in [6, 6.07) is 12.2. The average Bonchev–Trinajstić information content (AvgIpc) is 3.32. The highest BCUT2D eigenvalue weighted by Gasteiger charge is 2.21. The van der Waals surface area contributed by atoms with Crippen molar-refractivity contribution in [3.8, 4) is 22.8 Å². The fourth-order valence-corrected chi connectivity index (χ4v) is 4.54. The van der Waals surface area contributed by atoms with Gasteiger partial charge in [0.05, 0.1) is 22.8 Å². The van der Waals surface area contributed by atoms with Crippen molar-refractivity contribution in [2.24, 2.45) is 4.99 Å². The van der Waals surface area contributed by atoms with Crippen LogP contribution in [0.5, 0.6) is 11.5 Å². The maximum atomic E-state index is 5.52. The molecule has 0 unspecified atom stereocenters. The predicted molar refractivity (Wildman–Crippen MR) is 121 cm³/mol. The Morgan fingerprint density at radius 2 is 1.94 bits per heavy atom. The molecule has 0 aliphatic carbocycles. The van der Waals surface area contributed by atoms with Gasteiger partial charge in [0, 0.05) is 49.9 Å². The molecule has 32 heavy (non-hydrogen) atoms. The lowest BCUT2D eigenvalue weighted by Crippen LogP contribution is -2.31. The van der Waals surface area contributed by atoms with Gasteiger partial charge in [-0.05, 0) is 49.6 Å². The average molecular weight is 428 g/mol. The quantitative estimate of drug-likeness (QED) is 0.631. The van der Waals surface area contributed by atoms with E-state index in [2.05, 4.69) is 27.0 Å². The summed E-state index contributed by atoms with van der Waals surface area (Å²) in [4.78, 5) is 21.4. The third-order valence-corrected chi connectivity index (χ3v) is 6.26. The Bertz CT molecular complexity index is 1190. The van der Waals surface area contributed by atoms with Gasteiger partial charge in [0.25, 0.3) is 0 Å². The molecule has 1 aromatic carbocycles. The van der Waals surface area contributed by atoms with Crippen LogP contribution in [0.15, 0.2) is 47.6 Å². The van der Waals surface area contributed by atoms with Gasteiger partial charge >= 0.3 is 0 Å². The highest BCUT2D eigenvalue weighted by Crippen LogP contribution is 2.35. The third-order valence-electron chi connectivity index (χ3n) is 6.26. The van der Waals surface area contributed by atoms with Crippen molar-refractivity contribution in [1.82, 2.24) is 19.9 Å². The first-order chi connectivity index (χ1) is 15.8. The number of nitrogens with zero attached hydrogens (tertiary/aromatic N) is 5. The molecule has 0 atom stereocenters. The maximum absolute atomic E-state index is 5.52. The molecular formula is C25H25N5O2. The smallest absolute Gasteiger partial charge is 0.231 e. The first-order valence-electron chi connectivity index (χ1n) is 11.3. The Morgan fingerprint density at radius 1 is 0.969 bits per heavy atom. The standard InChI is InChI=1S/C25H25N5O2/c1-2-10-26-22(5-1)25-27-13-18-14-30(11-9-21(18)29-25)15-19-4-3-6-20(28-19)17-7-8-23-24(12-17)32-16-31-23/h3-4,6-8,12-13H,1-2,5,9-11,14-16H2. The fraction of sp³-hybridized carbons (Fsp3) is 0.360. The molecule has 3 aliphatic heterocycles. The van der Waals surface area contributed by atoms with Crippen LogP contribution in [0.2, 0.25) is 0 Å². The van der Waals surface area contributed by atoms with Gasteiger partial charge in [-0.25, -0.2) is 9.97 Å². The number of rotatable bonds is 4. The second-order valence-electron chi connectivity index (χ2n) is 8.49. The van der Waals surface area contributed by atoms with Gasteiger partial charge in [-0.15, -0.1) is 0 Å². The van der Waals surface area contributed by atoms with Crippen molar-refractivity contribution in [2.75, 3.05) is 19.9 Å². The van der Waals surface area contributed by atoms with E-state index in [4.69, 9.17) is 19.4 Å². The van der Waals surface area contributed by atoms with Crippen LogP contribution >= 0.6 is 0 Å². The van der Waals surface area contributed by atoms with Gasteiger partial charge in [-0.3, -0.25) is 14.9 Å². The van der Waals surface area contributed by atoms with Crippen LogP contribution in [0.4, 0.5) is 0 Å². The van der Waals surface area contributed by atoms with E-state index in [0.29, 0.717) is 0 Å². The first-order valence-corrected chi connectivity index (χ1v) is 11.3. The monoisotopic (exact) mass is 427 g/mol. The van der Waals surface area contributed by atoms with Crippen LogP contribution in [-0.2, 0) is 19.5 Å². The Labute approximate surface area is 187 Å². The third kappa shape index (κ3) is 3.84. The summed E-state index contributed by atoms with van der Waals surface area (Å²) >= 11 is 0. The molecule has 0 spiro atoms. The van der Waals surface area contributed by atoms with Crippen molar-refractivity contribution in [3.05, 3.63) is 65.4 Å². The lowest BCUT2D eigenvalue weighted by Gasteiger charge is -2.28. The second-order valence-corrected chi connectivity index (χ2v) is 8.49. The molecule has 3 aromatic rings. The molecule has 3 aliphatic rings. The molecule has 2 aromatic heterocycles. The number of aliphatic imine (C=N–C) groups is 1. The molecule has 7 heteroatoms. The zero-order chi connectivity index (χ0) is 21.3. The van der Waals surface area contributed by atoms with Gasteiger partial charge in [0.1, 0.15) is 0 Å². The molecule has 162 valence electrons. The predicted octanol–water partition coefficient (Wildman–Crippen LogP) is 3.80. The minimum atomic E-state index is 0.280. The number of hydrogen-bond donors (Lipinski definition) is 0. The molecule has 0 bridgehead atoms. The minimum Gasteiger partial charge on any atom is -0.454 e. The van der Waals surface area contributed by atoms with E-state index < -0.39 is 0 Å². The summed E-state index contributed by atoms with van der Waals surface area (Å²) in [6.07, 6.45) is 6.28. The zero-order valence-electron chi connectivity index (χ0n) is 18.0. The maximum Gasteiger partial charge on any atom is 0.231 e. The van der Waals surface area contributed by atoms with Crippen molar-refractivity contribution in [1.29, 1.82) is 0 Å². The van der Waals surface area contributed by atoms with E-state index >= 15 is 0 Å². The summed E-state index contributed by atoms with van der Waals surface area (Å²) in [5, 5.41) is 0. The van der Waals surface area contributed by atoms with Crippen molar-refractivity contribution < 1.29 is 9.47 Å². The molecule has 0 saturated carbocycles. The van der Waals surface area contributed by atoms with Crippen molar-refractivity contribution in [3.63, 3.8) is 0 Å². The number of fused-ring (bicyclic) bond motifs is 2. The lowest BCUT2D eigenvalue weighted by atomic mass is 10.1. The van der Waals surface area contributed by atoms with Crippen LogP contribution in [0.25, 0.3) is 11.3 Å². The fourth-order valence-electron chi connectivity index (χ4n) is 4.54. The molecule has 6 rings (SSSR count). The van der Waals surface area contributed by atoms with E-state index in [0.717, 1.165) is 79.0 Å². The number of hydrogen-bond acceptors (Lipinski definition) is 7. The number of benzene rings is 1. The number of pyridine rings is 1. The highest BCUT2D eigenvalue weighted by atomic mass is 16.7. The molecule has 0 radical (unpaired) electrons. The number of aromatic nitrogens is 3. The van der Waals surface area contributed by atoms with E-state index in [1.807, 2.05) is 30.5 Å². The largest absolute Gasteiger partial charge is 0.454 e. The van der Waals surface area contributed by atoms with Gasteiger partial charge in [0.15, 0.2) is 17.3 Å².